The van der Waals surface area contributed by atoms with Gasteiger partial charge >= 0.3 is 12.1 Å². The number of carboxylic acids is 1. The predicted octanol–water partition coefficient (Wildman–Crippen LogP) is 5.63. The highest BCUT2D eigenvalue weighted by Gasteiger charge is 2.31. The summed E-state index contributed by atoms with van der Waals surface area (Å²) in [4.78, 5) is 22.9. The highest BCUT2D eigenvalue weighted by Crippen LogP contribution is 2.44. The molecule has 0 bridgehead atoms. The zero-order chi connectivity index (χ0) is 23.6. The molecule has 4 rings (SSSR count). The Morgan fingerprint density at radius 2 is 2.00 bits per heavy atom. The molecule has 0 saturated carbocycles. The summed E-state index contributed by atoms with van der Waals surface area (Å²) in [6.45, 7) is 1.31. The molecule has 2 N–H and O–H groups in total. The average molecular weight is 473 g/mol. The summed E-state index contributed by atoms with van der Waals surface area (Å²) in [5.74, 6) is -0.657. The monoisotopic (exact) mass is 473 g/mol. The van der Waals surface area contributed by atoms with Crippen LogP contribution in [0.1, 0.15) is 27.5 Å². The SMILES string of the molecule is Cc1cc(SC(c2cccc(C(F)(F)F)c2)c2ccnc3nc[nH]c23)ccc1OCC(=O)O. The lowest BCUT2D eigenvalue weighted by atomic mass is 10.0. The van der Waals surface area contributed by atoms with Gasteiger partial charge in [0.1, 0.15) is 5.75 Å². The van der Waals surface area contributed by atoms with Gasteiger partial charge in [0.2, 0.25) is 0 Å². The third-order valence-electron chi connectivity index (χ3n) is 4.91. The molecule has 0 aliphatic rings. The molecule has 0 aliphatic heterocycles. The Morgan fingerprint density at radius 1 is 1.18 bits per heavy atom. The summed E-state index contributed by atoms with van der Waals surface area (Å²) in [5.41, 5.74) is 2.32. The summed E-state index contributed by atoms with van der Waals surface area (Å²) in [7, 11) is 0. The normalized spacial score (nSPS) is 12.6. The average Bonchev–Trinajstić information content (AvgIpc) is 3.25. The molecule has 0 fully saturated rings. The summed E-state index contributed by atoms with van der Waals surface area (Å²) >= 11 is 1.36. The highest BCUT2D eigenvalue weighted by molar-refractivity contribution is 7.99. The van der Waals surface area contributed by atoms with Crippen LogP contribution < -0.4 is 4.74 Å². The Morgan fingerprint density at radius 3 is 2.73 bits per heavy atom. The maximum absolute atomic E-state index is 13.4. The Balaban J connectivity index is 1.75. The molecule has 0 aliphatic carbocycles. The molecule has 1 unspecified atom stereocenters. The molecular weight excluding hydrogens is 455 g/mol. The van der Waals surface area contributed by atoms with Crippen molar-refractivity contribution in [1.29, 1.82) is 0 Å². The zero-order valence-corrected chi connectivity index (χ0v) is 18.1. The molecule has 0 saturated heterocycles. The first-order valence-corrected chi connectivity index (χ1v) is 10.7. The van der Waals surface area contributed by atoms with Crippen molar-refractivity contribution in [2.45, 2.75) is 23.2 Å². The van der Waals surface area contributed by atoms with Crippen molar-refractivity contribution in [3.8, 4) is 5.75 Å². The van der Waals surface area contributed by atoms with Gasteiger partial charge in [-0.15, -0.1) is 11.8 Å². The molecule has 2 aromatic heterocycles. The van der Waals surface area contributed by atoms with Gasteiger partial charge in [0.25, 0.3) is 0 Å². The van der Waals surface area contributed by atoms with Gasteiger partial charge in [-0.3, -0.25) is 0 Å². The van der Waals surface area contributed by atoms with Crippen molar-refractivity contribution in [3.05, 3.63) is 83.3 Å². The topological polar surface area (TPSA) is 88.1 Å². The number of aryl methyl sites for hydroxylation is 1. The summed E-state index contributed by atoms with van der Waals surface area (Å²) in [5, 5.41) is 8.32. The molecule has 2 aromatic carbocycles. The Hall–Kier alpha value is -3.53. The van der Waals surface area contributed by atoms with Gasteiger partial charge in [0.05, 0.1) is 22.7 Å². The van der Waals surface area contributed by atoms with E-state index >= 15 is 0 Å². The van der Waals surface area contributed by atoms with Crippen molar-refractivity contribution in [3.63, 3.8) is 0 Å². The number of fused-ring (bicyclic) bond motifs is 1. The van der Waals surface area contributed by atoms with Crippen LogP contribution in [-0.2, 0) is 11.0 Å². The fourth-order valence-corrected chi connectivity index (χ4v) is 4.68. The van der Waals surface area contributed by atoms with Crippen LogP contribution in [0.5, 0.6) is 5.75 Å². The first kappa shape index (κ1) is 22.7. The molecule has 33 heavy (non-hydrogen) atoms. The van der Waals surface area contributed by atoms with Gasteiger partial charge in [-0.05, 0) is 53.9 Å². The number of ether oxygens (including phenoxy) is 1. The molecule has 6 nitrogen and oxygen atoms in total. The van der Waals surface area contributed by atoms with Gasteiger partial charge in [0.15, 0.2) is 12.3 Å². The molecule has 10 heteroatoms. The zero-order valence-electron chi connectivity index (χ0n) is 17.3. The Kier molecular flexibility index (Phi) is 6.28. The van der Waals surface area contributed by atoms with Gasteiger partial charge in [-0.1, -0.05) is 18.2 Å². The van der Waals surface area contributed by atoms with Crippen molar-refractivity contribution in [2.75, 3.05) is 6.61 Å². The number of hydrogen-bond acceptors (Lipinski definition) is 5. The van der Waals surface area contributed by atoms with Gasteiger partial charge in [0, 0.05) is 11.1 Å². The minimum absolute atomic E-state index is 0.428. The molecular formula is C23H18F3N3O3S. The van der Waals surface area contributed by atoms with Crippen molar-refractivity contribution in [1.82, 2.24) is 15.0 Å². The number of aliphatic carboxylic acids is 1. The van der Waals surface area contributed by atoms with Gasteiger partial charge in [-0.25, -0.2) is 14.8 Å². The number of thioether (sulfide) groups is 1. The minimum Gasteiger partial charge on any atom is -0.482 e. The summed E-state index contributed by atoms with van der Waals surface area (Å²) in [6, 6.07) is 12.2. The van der Waals surface area contributed by atoms with Crippen molar-refractivity contribution < 1.29 is 27.8 Å². The summed E-state index contributed by atoms with van der Waals surface area (Å²) in [6.07, 6.45) is -1.39. The standard InChI is InChI=1S/C23H18F3N3O3S/c1-13-9-16(5-6-18(13)32-11-19(30)31)33-21(14-3-2-4-15(10-14)23(24,25)26)17-7-8-27-22-20(17)28-12-29-22/h2-10,12,21H,11H2,1H3,(H,30,31)(H,27,28,29). The third kappa shape index (κ3) is 5.11. The maximum Gasteiger partial charge on any atom is 0.416 e. The number of carboxylic acid groups (broad SMARTS) is 1. The molecule has 2 heterocycles. The first-order valence-electron chi connectivity index (χ1n) is 9.79. The van der Waals surface area contributed by atoms with E-state index < -0.39 is 29.6 Å². The van der Waals surface area contributed by atoms with Crippen LogP contribution >= 0.6 is 11.8 Å². The smallest absolute Gasteiger partial charge is 0.416 e. The van der Waals surface area contributed by atoms with Gasteiger partial charge < -0.3 is 14.8 Å². The van der Waals surface area contributed by atoms with Crippen LogP contribution in [0.15, 0.2) is 66.0 Å². The lowest BCUT2D eigenvalue weighted by molar-refractivity contribution is -0.139. The second-order valence-electron chi connectivity index (χ2n) is 7.23. The van der Waals surface area contributed by atoms with E-state index in [0.717, 1.165) is 22.6 Å². The number of pyridine rings is 1. The lowest BCUT2D eigenvalue weighted by Crippen LogP contribution is -2.10. The number of alkyl halides is 3. The number of rotatable bonds is 7. The van der Waals surface area contributed by atoms with E-state index in [-0.39, 0.29) is 0 Å². The highest BCUT2D eigenvalue weighted by atomic mass is 32.2. The van der Waals surface area contributed by atoms with E-state index in [2.05, 4.69) is 15.0 Å². The number of H-pyrrole nitrogens is 1. The first-order chi connectivity index (χ1) is 15.7. The van der Waals surface area contributed by atoms with E-state index in [1.165, 1.54) is 24.2 Å². The second-order valence-corrected chi connectivity index (χ2v) is 8.41. The van der Waals surface area contributed by atoms with E-state index in [4.69, 9.17) is 9.84 Å². The Bertz CT molecular complexity index is 1310. The lowest BCUT2D eigenvalue weighted by Gasteiger charge is -2.20. The summed E-state index contributed by atoms with van der Waals surface area (Å²) < 4.78 is 45.5. The third-order valence-corrected chi connectivity index (χ3v) is 6.20. The number of imidazole rings is 1. The quantitative estimate of drug-likeness (QED) is 0.338. The van der Waals surface area contributed by atoms with Crippen LogP contribution in [0.2, 0.25) is 0 Å². The fourth-order valence-electron chi connectivity index (χ4n) is 3.41. The molecule has 0 radical (unpaired) electrons. The van der Waals surface area contributed by atoms with E-state index in [9.17, 15) is 18.0 Å². The van der Waals surface area contributed by atoms with Crippen LogP contribution in [0.3, 0.4) is 0 Å². The molecule has 1 atom stereocenters. The van der Waals surface area contributed by atoms with Crippen LogP contribution in [-0.4, -0.2) is 32.6 Å². The van der Waals surface area contributed by atoms with Crippen LogP contribution in [0, 0.1) is 6.92 Å². The molecule has 0 spiro atoms. The van der Waals surface area contributed by atoms with E-state index in [1.807, 2.05) is 6.07 Å². The van der Waals surface area contributed by atoms with Crippen molar-refractivity contribution in [2.24, 2.45) is 0 Å². The number of halogens is 3. The van der Waals surface area contributed by atoms with Gasteiger partial charge in [-0.2, -0.15) is 13.2 Å². The number of nitrogens with one attached hydrogen (secondary N) is 1. The van der Waals surface area contributed by atoms with Crippen LogP contribution in [0.4, 0.5) is 13.2 Å². The minimum atomic E-state index is -4.47. The molecule has 170 valence electrons. The fraction of sp³-hybridized carbons (Fsp3) is 0.174. The molecule has 0 amide bonds. The number of nitrogens with zero attached hydrogens (tertiary/aromatic N) is 2. The van der Waals surface area contributed by atoms with Crippen molar-refractivity contribution >= 4 is 28.9 Å². The molecule has 4 aromatic rings. The number of carbonyl (C=O) groups is 1. The largest absolute Gasteiger partial charge is 0.482 e. The number of aromatic nitrogens is 3. The predicted molar refractivity (Wildman–Crippen MR) is 117 cm³/mol. The second kappa shape index (κ2) is 9.14. The number of hydrogen-bond donors (Lipinski definition) is 2. The van der Waals surface area contributed by atoms with E-state index in [0.29, 0.717) is 28.0 Å². The number of aromatic amines is 1. The Labute approximate surface area is 190 Å². The maximum atomic E-state index is 13.4. The van der Waals surface area contributed by atoms with E-state index in [1.54, 1.807) is 37.4 Å². The number of benzene rings is 2. The van der Waals surface area contributed by atoms with Crippen LogP contribution in [0.25, 0.3) is 11.2 Å².